The fraction of sp³-hybridized carbons (Fsp3) is 0.412. The first kappa shape index (κ1) is 31.1. The van der Waals surface area contributed by atoms with Gasteiger partial charge in [0.15, 0.2) is 0 Å². The number of carbonyl (C=O) groups is 2. The first-order valence-electron chi connectivity index (χ1n) is 14.8. The van der Waals surface area contributed by atoms with E-state index in [0.717, 1.165) is 35.4 Å². The fourth-order valence-electron chi connectivity index (χ4n) is 5.41. The second-order valence-electron chi connectivity index (χ2n) is 11.6. The molecule has 0 aromatic heterocycles. The third-order valence-corrected chi connectivity index (χ3v) is 7.60. The van der Waals surface area contributed by atoms with Crippen LogP contribution in [0.5, 0.6) is 5.75 Å². The first-order chi connectivity index (χ1) is 20.2. The van der Waals surface area contributed by atoms with Crippen LogP contribution in [0.1, 0.15) is 55.1 Å². The maximum absolute atomic E-state index is 13.7. The van der Waals surface area contributed by atoms with Crippen LogP contribution in [0, 0.1) is 0 Å². The summed E-state index contributed by atoms with van der Waals surface area (Å²) < 4.78 is 5.37. The molecule has 8 heteroatoms. The Morgan fingerprint density at radius 1 is 1.05 bits per heavy atom. The molecule has 224 valence electrons. The van der Waals surface area contributed by atoms with Gasteiger partial charge in [-0.25, -0.2) is 0 Å². The molecule has 0 saturated carbocycles. The third kappa shape index (κ3) is 8.57. The van der Waals surface area contributed by atoms with Crippen LogP contribution in [0.4, 0.5) is 11.4 Å². The van der Waals surface area contributed by atoms with Crippen LogP contribution in [0.25, 0.3) is 0 Å². The van der Waals surface area contributed by atoms with Crippen molar-refractivity contribution in [2.24, 2.45) is 0 Å². The highest BCUT2D eigenvalue weighted by Crippen LogP contribution is 2.27. The first-order valence-corrected chi connectivity index (χ1v) is 14.8. The molecule has 2 atom stereocenters. The molecular weight excluding hydrogens is 528 g/mol. The van der Waals surface area contributed by atoms with E-state index >= 15 is 0 Å². The number of rotatable bonds is 14. The van der Waals surface area contributed by atoms with E-state index in [1.54, 1.807) is 24.1 Å². The van der Waals surface area contributed by atoms with Gasteiger partial charge in [0.1, 0.15) is 5.75 Å². The van der Waals surface area contributed by atoms with Gasteiger partial charge < -0.3 is 30.7 Å². The number of ether oxygens (including phenoxy) is 1. The zero-order chi connectivity index (χ0) is 30.1. The van der Waals surface area contributed by atoms with E-state index in [4.69, 9.17) is 4.74 Å². The van der Waals surface area contributed by atoms with E-state index in [1.165, 1.54) is 0 Å². The molecular formula is C34H44N4O4. The number of benzene rings is 3. The smallest absolute Gasteiger partial charge is 0.251 e. The van der Waals surface area contributed by atoms with E-state index in [1.807, 2.05) is 61.5 Å². The molecule has 3 aromatic carbocycles. The molecule has 0 radical (unpaired) electrons. The summed E-state index contributed by atoms with van der Waals surface area (Å²) in [6.45, 7) is 7.80. The van der Waals surface area contributed by atoms with E-state index in [0.29, 0.717) is 43.7 Å². The molecule has 1 aliphatic rings. The molecule has 1 fully saturated rings. The standard InChI is InChI=1S/C34H44N4O4/c1-5-35-27-19-26(20-28(21-27)38-16-10-15-32(38)40)33(41)37-30(18-24-11-7-6-8-12-24)31(39)23-36-34(2,3)22-25-13-9-14-29(17-25)42-4/h6-9,11-14,17,19-21,30-31,35-36,39H,5,10,15-16,18,22-23H2,1-4H3,(H,37,41)/t30-,31-/m0/s1. The number of nitrogens with zero attached hydrogens (tertiary/aromatic N) is 1. The summed E-state index contributed by atoms with van der Waals surface area (Å²) in [5.41, 5.74) is 3.76. The van der Waals surface area contributed by atoms with Crippen LogP contribution in [0.15, 0.2) is 72.8 Å². The van der Waals surface area contributed by atoms with Crippen LogP contribution >= 0.6 is 0 Å². The minimum absolute atomic E-state index is 0.0648. The monoisotopic (exact) mass is 572 g/mol. The Bertz CT molecular complexity index is 1340. The van der Waals surface area contributed by atoms with Crippen molar-refractivity contribution in [3.05, 3.63) is 89.5 Å². The lowest BCUT2D eigenvalue weighted by Crippen LogP contribution is -2.52. The topological polar surface area (TPSA) is 103 Å². The van der Waals surface area contributed by atoms with Crippen LogP contribution in [0.2, 0.25) is 0 Å². The number of anilines is 2. The Morgan fingerprint density at radius 2 is 1.81 bits per heavy atom. The van der Waals surface area contributed by atoms with Gasteiger partial charge in [-0.15, -0.1) is 0 Å². The van der Waals surface area contributed by atoms with Crippen molar-refractivity contribution in [1.29, 1.82) is 0 Å². The molecule has 8 nitrogen and oxygen atoms in total. The summed E-state index contributed by atoms with van der Waals surface area (Å²) >= 11 is 0. The van der Waals surface area contributed by atoms with Crippen molar-refractivity contribution >= 4 is 23.2 Å². The zero-order valence-corrected chi connectivity index (χ0v) is 25.2. The largest absolute Gasteiger partial charge is 0.497 e. The van der Waals surface area contributed by atoms with Crippen molar-refractivity contribution < 1.29 is 19.4 Å². The predicted molar refractivity (Wildman–Crippen MR) is 168 cm³/mol. The fourth-order valence-corrected chi connectivity index (χ4v) is 5.41. The van der Waals surface area contributed by atoms with Crippen LogP contribution < -0.4 is 25.6 Å². The average molecular weight is 573 g/mol. The molecule has 2 amide bonds. The lowest BCUT2D eigenvalue weighted by atomic mass is 9.93. The number of aliphatic hydroxyl groups excluding tert-OH is 1. The summed E-state index contributed by atoms with van der Waals surface area (Å²) in [5, 5.41) is 21.3. The van der Waals surface area contributed by atoms with E-state index in [-0.39, 0.29) is 17.4 Å². The Hall–Kier alpha value is -3.88. The molecule has 4 rings (SSSR count). The normalized spacial score (nSPS) is 14.9. The van der Waals surface area contributed by atoms with Gasteiger partial charge in [0.05, 0.1) is 19.3 Å². The Labute approximate surface area is 249 Å². The van der Waals surface area contributed by atoms with E-state index < -0.39 is 12.1 Å². The molecule has 0 unspecified atom stereocenters. The summed E-state index contributed by atoms with van der Waals surface area (Å²) in [4.78, 5) is 27.9. The van der Waals surface area contributed by atoms with Gasteiger partial charge >= 0.3 is 0 Å². The van der Waals surface area contributed by atoms with Gasteiger partial charge in [-0.3, -0.25) is 9.59 Å². The summed E-state index contributed by atoms with van der Waals surface area (Å²) in [7, 11) is 1.66. The van der Waals surface area contributed by atoms with Crippen LogP contribution in [-0.4, -0.2) is 61.3 Å². The number of amides is 2. The summed E-state index contributed by atoms with van der Waals surface area (Å²) in [6, 6.07) is 22.7. The van der Waals surface area contributed by atoms with Crippen molar-refractivity contribution in [2.45, 2.75) is 64.1 Å². The van der Waals surface area contributed by atoms with E-state index in [2.05, 4.69) is 35.9 Å². The molecule has 0 aliphatic carbocycles. The molecule has 0 spiro atoms. The minimum atomic E-state index is -0.852. The number of aliphatic hydroxyl groups is 1. The molecule has 4 N–H and O–H groups in total. The Balaban J connectivity index is 1.50. The maximum Gasteiger partial charge on any atom is 0.251 e. The highest BCUT2D eigenvalue weighted by atomic mass is 16.5. The molecule has 1 aliphatic heterocycles. The molecule has 1 saturated heterocycles. The van der Waals surface area contributed by atoms with Crippen molar-refractivity contribution in [2.75, 3.05) is 37.0 Å². The number of hydrogen-bond acceptors (Lipinski definition) is 6. The second-order valence-corrected chi connectivity index (χ2v) is 11.6. The number of β-amino-alcohol motifs (C(OH)–C–C–N with tert-alkyl or cyclic N) is 1. The minimum Gasteiger partial charge on any atom is -0.497 e. The van der Waals surface area contributed by atoms with Crippen molar-refractivity contribution in [3.63, 3.8) is 0 Å². The van der Waals surface area contributed by atoms with Gasteiger partial charge in [0.25, 0.3) is 5.91 Å². The quantitative estimate of drug-likeness (QED) is 0.226. The van der Waals surface area contributed by atoms with Crippen molar-refractivity contribution in [3.8, 4) is 5.75 Å². The Morgan fingerprint density at radius 3 is 2.50 bits per heavy atom. The van der Waals surface area contributed by atoms with Gasteiger partial charge in [0.2, 0.25) is 5.91 Å². The molecule has 1 heterocycles. The lowest BCUT2D eigenvalue weighted by molar-refractivity contribution is -0.117. The lowest BCUT2D eigenvalue weighted by Gasteiger charge is -2.31. The maximum atomic E-state index is 13.7. The number of carbonyl (C=O) groups excluding carboxylic acids is 2. The average Bonchev–Trinajstić information content (AvgIpc) is 3.41. The van der Waals surface area contributed by atoms with Crippen LogP contribution in [0.3, 0.4) is 0 Å². The van der Waals surface area contributed by atoms with Gasteiger partial charge in [0, 0.05) is 48.5 Å². The SMILES string of the molecule is CCNc1cc(C(=O)N[C@@H](Cc2ccccc2)[C@@H](O)CNC(C)(C)Cc2cccc(OC)c2)cc(N2CCCC2=O)c1. The molecule has 3 aromatic rings. The summed E-state index contributed by atoms with van der Waals surface area (Å²) in [6.07, 6.45) is 1.67. The highest BCUT2D eigenvalue weighted by molar-refractivity contribution is 6.00. The van der Waals surface area contributed by atoms with Gasteiger partial charge in [-0.2, -0.15) is 0 Å². The summed E-state index contributed by atoms with van der Waals surface area (Å²) in [5.74, 6) is 0.581. The highest BCUT2D eigenvalue weighted by Gasteiger charge is 2.27. The zero-order valence-electron chi connectivity index (χ0n) is 25.2. The van der Waals surface area contributed by atoms with Gasteiger partial charge in [-0.05, 0) is 81.5 Å². The van der Waals surface area contributed by atoms with Crippen LogP contribution in [-0.2, 0) is 17.6 Å². The number of nitrogens with one attached hydrogen (secondary N) is 3. The van der Waals surface area contributed by atoms with Crippen molar-refractivity contribution in [1.82, 2.24) is 10.6 Å². The number of methoxy groups -OCH3 is 1. The predicted octanol–water partition coefficient (Wildman–Crippen LogP) is 4.57. The number of hydrogen-bond donors (Lipinski definition) is 4. The van der Waals surface area contributed by atoms with Gasteiger partial charge in [-0.1, -0.05) is 42.5 Å². The van der Waals surface area contributed by atoms with E-state index in [9.17, 15) is 14.7 Å². The molecule has 0 bridgehead atoms. The Kier molecular flexibility index (Phi) is 10.6. The third-order valence-electron chi connectivity index (χ3n) is 7.60. The molecule has 42 heavy (non-hydrogen) atoms. The second kappa shape index (κ2) is 14.3.